The Labute approximate surface area is 125 Å². The molecule has 0 aliphatic rings. The number of para-hydroxylation sites is 1. The zero-order chi connectivity index (χ0) is 14.7. The van der Waals surface area contributed by atoms with Crippen LogP contribution in [0.15, 0.2) is 42.5 Å². The smallest absolute Gasteiger partial charge is 0.244 e. The van der Waals surface area contributed by atoms with Gasteiger partial charge in [-0.1, -0.05) is 35.3 Å². The van der Waals surface area contributed by atoms with Crippen LogP contribution >= 0.6 is 23.2 Å². The second-order valence-corrected chi connectivity index (χ2v) is 5.04. The summed E-state index contributed by atoms with van der Waals surface area (Å²) in [5, 5.41) is 3.49. The zero-order valence-corrected chi connectivity index (χ0v) is 11.8. The van der Waals surface area contributed by atoms with E-state index < -0.39 is 17.8 Å². The number of nitrogens with two attached hydrogens (primary N) is 1. The molecule has 0 radical (unpaired) electrons. The Morgan fingerprint density at radius 2 is 1.75 bits per heavy atom. The lowest BCUT2D eigenvalue weighted by atomic mass is 10.1. The van der Waals surface area contributed by atoms with Gasteiger partial charge in [-0.15, -0.1) is 0 Å². The first-order valence-corrected chi connectivity index (χ1v) is 6.49. The Balaban J connectivity index is 2.37. The van der Waals surface area contributed by atoms with Crippen molar-refractivity contribution in [1.29, 1.82) is 0 Å². The highest BCUT2D eigenvalue weighted by Crippen LogP contribution is 2.27. The van der Waals surface area contributed by atoms with Crippen LogP contribution in [0.1, 0.15) is 11.6 Å². The molecule has 3 nitrogen and oxygen atoms in total. The van der Waals surface area contributed by atoms with E-state index in [-0.39, 0.29) is 5.69 Å². The minimum atomic E-state index is -0.928. The maximum atomic E-state index is 13.6. The maximum absolute atomic E-state index is 13.6. The molecule has 0 aliphatic heterocycles. The highest BCUT2D eigenvalue weighted by Gasteiger charge is 2.20. The number of carbonyl (C=O) groups excluding carboxylic acids is 1. The maximum Gasteiger partial charge on any atom is 0.244 e. The van der Waals surface area contributed by atoms with Gasteiger partial charge >= 0.3 is 0 Å². The van der Waals surface area contributed by atoms with Gasteiger partial charge in [0, 0.05) is 10.0 Å². The molecule has 0 spiro atoms. The number of amides is 1. The first-order valence-electron chi connectivity index (χ1n) is 5.74. The van der Waals surface area contributed by atoms with Crippen LogP contribution in [0.5, 0.6) is 0 Å². The van der Waals surface area contributed by atoms with Crippen molar-refractivity contribution in [3.63, 3.8) is 0 Å². The third-order valence-electron chi connectivity index (χ3n) is 2.68. The summed E-state index contributed by atoms with van der Waals surface area (Å²) in [4.78, 5) is 11.6. The van der Waals surface area contributed by atoms with Crippen molar-refractivity contribution in [3.05, 3.63) is 63.9 Å². The number of nitrogens with one attached hydrogen (secondary N) is 1. The molecule has 2 aromatic rings. The van der Waals surface area contributed by atoms with Crippen LogP contribution in [0.4, 0.5) is 10.1 Å². The van der Waals surface area contributed by atoms with Gasteiger partial charge in [-0.3, -0.25) is 4.79 Å². The number of halogens is 3. The minimum absolute atomic E-state index is 0.174. The summed E-state index contributed by atoms with van der Waals surface area (Å²) in [6, 6.07) is 9.71. The van der Waals surface area contributed by atoms with Gasteiger partial charge in [0.15, 0.2) is 0 Å². The van der Waals surface area contributed by atoms with E-state index in [1.807, 2.05) is 0 Å². The second-order valence-electron chi connectivity index (χ2n) is 4.16. The van der Waals surface area contributed by atoms with Crippen LogP contribution in [-0.4, -0.2) is 5.91 Å². The molecule has 2 rings (SSSR count). The third kappa shape index (κ3) is 3.40. The van der Waals surface area contributed by atoms with Crippen LogP contribution in [0.3, 0.4) is 0 Å². The molecule has 2 aromatic carbocycles. The molecular formula is C14H11Cl2FN2O. The summed E-state index contributed by atoms with van der Waals surface area (Å²) >= 11 is 11.8. The molecule has 20 heavy (non-hydrogen) atoms. The molecule has 3 N–H and O–H groups in total. The Morgan fingerprint density at radius 3 is 2.30 bits per heavy atom. The molecule has 6 heteroatoms. The van der Waals surface area contributed by atoms with Crippen LogP contribution in [0.2, 0.25) is 10.0 Å². The largest absolute Gasteiger partial charge is 0.368 e. The Bertz CT molecular complexity index is 629. The van der Waals surface area contributed by atoms with Crippen LogP contribution in [-0.2, 0) is 4.79 Å². The number of rotatable bonds is 4. The molecule has 1 atom stereocenters. The first kappa shape index (κ1) is 14.6. The number of hydrogen-bond donors (Lipinski definition) is 2. The normalized spacial score (nSPS) is 11.9. The lowest BCUT2D eigenvalue weighted by Crippen LogP contribution is -2.28. The molecule has 0 saturated carbocycles. The lowest BCUT2D eigenvalue weighted by Gasteiger charge is -2.18. The van der Waals surface area contributed by atoms with Crippen LogP contribution in [0, 0.1) is 5.82 Å². The van der Waals surface area contributed by atoms with Gasteiger partial charge in [-0.2, -0.15) is 0 Å². The highest BCUT2D eigenvalue weighted by atomic mass is 35.5. The monoisotopic (exact) mass is 312 g/mol. The summed E-state index contributed by atoms with van der Waals surface area (Å²) in [5.41, 5.74) is 6.00. The van der Waals surface area contributed by atoms with Crippen molar-refractivity contribution in [3.8, 4) is 0 Å². The van der Waals surface area contributed by atoms with Crippen molar-refractivity contribution >= 4 is 34.8 Å². The average Bonchev–Trinajstić information content (AvgIpc) is 2.36. The molecule has 0 saturated heterocycles. The average molecular weight is 313 g/mol. The van der Waals surface area contributed by atoms with Gasteiger partial charge < -0.3 is 11.1 Å². The van der Waals surface area contributed by atoms with Gasteiger partial charge in [0.05, 0.1) is 5.69 Å². The predicted molar refractivity (Wildman–Crippen MR) is 78.4 cm³/mol. The van der Waals surface area contributed by atoms with E-state index in [0.717, 1.165) is 0 Å². The molecular weight excluding hydrogens is 302 g/mol. The molecule has 0 fully saturated rings. The summed E-state index contributed by atoms with van der Waals surface area (Å²) < 4.78 is 13.6. The summed E-state index contributed by atoms with van der Waals surface area (Å²) in [6.45, 7) is 0. The van der Waals surface area contributed by atoms with E-state index >= 15 is 0 Å². The zero-order valence-electron chi connectivity index (χ0n) is 10.2. The van der Waals surface area contributed by atoms with Gasteiger partial charge in [0.2, 0.25) is 5.91 Å². The molecule has 0 heterocycles. The van der Waals surface area contributed by atoms with Crippen molar-refractivity contribution in [2.75, 3.05) is 5.32 Å². The van der Waals surface area contributed by atoms with Gasteiger partial charge in [-0.25, -0.2) is 4.39 Å². The quantitative estimate of drug-likeness (QED) is 0.903. The number of benzene rings is 2. The number of hydrogen-bond acceptors (Lipinski definition) is 2. The fraction of sp³-hybridized carbons (Fsp3) is 0.0714. The van der Waals surface area contributed by atoms with Crippen molar-refractivity contribution < 1.29 is 9.18 Å². The second kappa shape index (κ2) is 6.11. The van der Waals surface area contributed by atoms with Crippen molar-refractivity contribution in [1.82, 2.24) is 0 Å². The van der Waals surface area contributed by atoms with E-state index in [0.29, 0.717) is 15.6 Å². The van der Waals surface area contributed by atoms with Gasteiger partial charge in [-0.05, 0) is 35.9 Å². The topological polar surface area (TPSA) is 55.1 Å². The van der Waals surface area contributed by atoms with Crippen molar-refractivity contribution in [2.24, 2.45) is 5.73 Å². The van der Waals surface area contributed by atoms with E-state index in [2.05, 4.69) is 5.32 Å². The number of carbonyl (C=O) groups is 1. The van der Waals surface area contributed by atoms with E-state index in [1.165, 1.54) is 18.2 Å². The van der Waals surface area contributed by atoms with Gasteiger partial charge in [0.1, 0.15) is 11.9 Å². The van der Waals surface area contributed by atoms with E-state index in [1.54, 1.807) is 24.3 Å². The Hall–Kier alpha value is -1.78. The minimum Gasteiger partial charge on any atom is -0.368 e. The standard InChI is InChI=1S/C14H11Cl2FN2O/c15-9-5-8(6-10(16)7-9)13(14(18)20)19-12-4-2-1-3-11(12)17/h1-7,13,19H,(H2,18,20). The van der Waals surface area contributed by atoms with Crippen LogP contribution in [0.25, 0.3) is 0 Å². The molecule has 1 unspecified atom stereocenters. The van der Waals surface area contributed by atoms with E-state index in [9.17, 15) is 9.18 Å². The third-order valence-corrected chi connectivity index (χ3v) is 3.11. The van der Waals surface area contributed by atoms with Crippen LogP contribution < -0.4 is 11.1 Å². The molecule has 104 valence electrons. The summed E-state index contributed by atoms with van der Waals surface area (Å²) in [5.74, 6) is -1.14. The summed E-state index contributed by atoms with van der Waals surface area (Å²) in [6.07, 6.45) is 0. The number of anilines is 1. The molecule has 0 bridgehead atoms. The molecule has 1 amide bonds. The summed E-state index contributed by atoms with van der Waals surface area (Å²) in [7, 11) is 0. The predicted octanol–water partition coefficient (Wildman–Crippen LogP) is 3.77. The fourth-order valence-corrected chi connectivity index (χ4v) is 2.34. The fourth-order valence-electron chi connectivity index (χ4n) is 1.79. The Kier molecular flexibility index (Phi) is 4.47. The van der Waals surface area contributed by atoms with Crippen molar-refractivity contribution in [2.45, 2.75) is 6.04 Å². The highest BCUT2D eigenvalue weighted by molar-refractivity contribution is 6.34. The van der Waals surface area contributed by atoms with Gasteiger partial charge in [0.25, 0.3) is 0 Å². The first-order chi connectivity index (χ1) is 9.47. The number of primary amides is 1. The molecule has 0 aromatic heterocycles. The van der Waals surface area contributed by atoms with E-state index in [4.69, 9.17) is 28.9 Å². The SMILES string of the molecule is NC(=O)C(Nc1ccccc1F)c1cc(Cl)cc(Cl)c1. The Morgan fingerprint density at radius 1 is 1.15 bits per heavy atom. The molecule has 0 aliphatic carbocycles. The lowest BCUT2D eigenvalue weighted by molar-refractivity contribution is -0.118.